The average Bonchev–Trinajstić information content (AvgIpc) is 2.44. The van der Waals surface area contributed by atoms with Gasteiger partial charge in [0.25, 0.3) is 0 Å². The minimum absolute atomic E-state index is 0.340. The van der Waals surface area contributed by atoms with Gasteiger partial charge in [0.1, 0.15) is 11.8 Å². The van der Waals surface area contributed by atoms with Gasteiger partial charge in [0.05, 0.1) is 12.8 Å². The molecule has 5 nitrogen and oxygen atoms in total. The van der Waals surface area contributed by atoms with Gasteiger partial charge in [-0.2, -0.15) is 0 Å². The molecule has 0 fully saturated rings. The Bertz CT molecular complexity index is 563. The third kappa shape index (κ3) is 3.62. The van der Waals surface area contributed by atoms with Crippen LogP contribution >= 0.6 is 11.6 Å². The minimum atomic E-state index is 0.340. The molecule has 2 aromatic heterocycles. The highest BCUT2D eigenvalue weighted by Gasteiger charge is 2.07. The van der Waals surface area contributed by atoms with Gasteiger partial charge < -0.3 is 9.47 Å². The minimum Gasteiger partial charge on any atom is -0.481 e. The highest BCUT2D eigenvalue weighted by molar-refractivity contribution is 6.29. The van der Waals surface area contributed by atoms with Crippen molar-refractivity contribution in [3.05, 3.63) is 35.4 Å². The number of nitrogens with zero attached hydrogens (tertiary/aromatic N) is 3. The molecule has 0 aromatic carbocycles. The Morgan fingerprint density at radius 1 is 1.26 bits per heavy atom. The maximum absolute atomic E-state index is 6.00. The molecule has 0 saturated carbocycles. The molecular formula is C13H14ClN3O2. The van der Waals surface area contributed by atoms with Crippen LogP contribution in [0.4, 0.5) is 0 Å². The van der Waals surface area contributed by atoms with Crippen molar-refractivity contribution in [2.75, 3.05) is 13.7 Å². The van der Waals surface area contributed by atoms with Crippen LogP contribution in [0.25, 0.3) is 11.3 Å². The van der Waals surface area contributed by atoms with Crippen molar-refractivity contribution in [3.8, 4) is 17.1 Å². The van der Waals surface area contributed by atoms with Gasteiger partial charge in [0, 0.05) is 30.5 Å². The first-order chi connectivity index (χ1) is 9.22. The number of rotatable bonds is 5. The summed E-state index contributed by atoms with van der Waals surface area (Å²) in [7, 11) is 1.57. The van der Waals surface area contributed by atoms with Crippen LogP contribution in [0, 0.1) is 0 Å². The molecule has 0 N–H and O–H groups in total. The summed E-state index contributed by atoms with van der Waals surface area (Å²) in [6, 6.07) is 5.33. The summed E-state index contributed by atoms with van der Waals surface area (Å²) >= 11 is 6.00. The molecule has 19 heavy (non-hydrogen) atoms. The number of hydrogen-bond acceptors (Lipinski definition) is 5. The zero-order chi connectivity index (χ0) is 13.7. The normalized spacial score (nSPS) is 10.5. The van der Waals surface area contributed by atoms with Gasteiger partial charge in [0.2, 0.25) is 5.88 Å². The van der Waals surface area contributed by atoms with E-state index >= 15 is 0 Å². The fourth-order valence-electron chi connectivity index (χ4n) is 1.55. The van der Waals surface area contributed by atoms with Crippen LogP contribution in [0.1, 0.15) is 12.7 Å². The predicted molar refractivity (Wildman–Crippen MR) is 72.2 cm³/mol. The van der Waals surface area contributed by atoms with Gasteiger partial charge >= 0.3 is 0 Å². The third-order valence-electron chi connectivity index (χ3n) is 2.42. The first-order valence-corrected chi connectivity index (χ1v) is 6.22. The van der Waals surface area contributed by atoms with E-state index in [0.29, 0.717) is 30.1 Å². The molecule has 0 aliphatic carbocycles. The number of hydrogen-bond donors (Lipinski definition) is 0. The van der Waals surface area contributed by atoms with E-state index in [1.54, 1.807) is 25.4 Å². The second-order valence-electron chi connectivity index (χ2n) is 3.72. The van der Waals surface area contributed by atoms with Gasteiger partial charge in [-0.05, 0) is 13.0 Å². The number of pyridine rings is 1. The van der Waals surface area contributed by atoms with Crippen LogP contribution in [0.15, 0.2) is 24.4 Å². The van der Waals surface area contributed by atoms with Crippen molar-refractivity contribution >= 4 is 11.6 Å². The van der Waals surface area contributed by atoms with Crippen molar-refractivity contribution in [1.82, 2.24) is 15.0 Å². The summed E-state index contributed by atoms with van der Waals surface area (Å²) in [6.45, 7) is 2.86. The summed E-state index contributed by atoms with van der Waals surface area (Å²) in [5, 5.41) is 0.385. The van der Waals surface area contributed by atoms with Crippen molar-refractivity contribution < 1.29 is 9.47 Å². The maximum atomic E-state index is 6.00. The van der Waals surface area contributed by atoms with E-state index in [-0.39, 0.29) is 0 Å². The van der Waals surface area contributed by atoms with E-state index in [1.807, 2.05) is 13.0 Å². The first-order valence-electron chi connectivity index (χ1n) is 5.84. The predicted octanol–water partition coefficient (Wildman–Crippen LogP) is 2.74. The quantitative estimate of drug-likeness (QED) is 0.788. The van der Waals surface area contributed by atoms with Crippen molar-refractivity contribution in [3.63, 3.8) is 0 Å². The Balaban J connectivity index is 2.34. The summed E-state index contributed by atoms with van der Waals surface area (Å²) < 4.78 is 10.4. The average molecular weight is 280 g/mol. The lowest BCUT2D eigenvalue weighted by molar-refractivity contribution is 0.128. The van der Waals surface area contributed by atoms with Gasteiger partial charge in [-0.25, -0.2) is 15.0 Å². The molecular weight excluding hydrogens is 266 g/mol. The molecule has 2 rings (SSSR count). The largest absolute Gasteiger partial charge is 0.481 e. The summed E-state index contributed by atoms with van der Waals surface area (Å²) in [5.41, 5.74) is 1.59. The van der Waals surface area contributed by atoms with Crippen molar-refractivity contribution in [2.24, 2.45) is 0 Å². The highest BCUT2D eigenvalue weighted by atomic mass is 35.5. The summed E-state index contributed by atoms with van der Waals surface area (Å²) in [4.78, 5) is 12.6. The molecule has 2 heterocycles. The van der Waals surface area contributed by atoms with Crippen molar-refractivity contribution in [2.45, 2.75) is 13.5 Å². The number of aromatic nitrogens is 3. The van der Waals surface area contributed by atoms with Gasteiger partial charge in [-0.15, -0.1) is 0 Å². The topological polar surface area (TPSA) is 57.1 Å². The molecule has 0 aliphatic rings. The van der Waals surface area contributed by atoms with E-state index in [9.17, 15) is 0 Å². The standard InChI is InChI=1S/C13H14ClN3O2/c1-3-19-8-12-16-10(7-11(14)17-12)9-4-5-15-13(6-9)18-2/h4-7H,3,8H2,1-2H3. The Kier molecular flexibility index (Phi) is 4.65. The van der Waals surface area contributed by atoms with E-state index in [4.69, 9.17) is 21.1 Å². The number of ether oxygens (including phenoxy) is 2. The molecule has 0 atom stereocenters. The van der Waals surface area contributed by atoms with Gasteiger partial charge in [0.15, 0.2) is 5.82 Å². The highest BCUT2D eigenvalue weighted by Crippen LogP contribution is 2.22. The van der Waals surface area contributed by atoms with Crippen LogP contribution in [-0.2, 0) is 11.3 Å². The van der Waals surface area contributed by atoms with E-state index < -0.39 is 0 Å². The monoisotopic (exact) mass is 279 g/mol. The smallest absolute Gasteiger partial charge is 0.213 e. The lowest BCUT2D eigenvalue weighted by atomic mass is 10.2. The van der Waals surface area contributed by atoms with Crippen LogP contribution in [0.2, 0.25) is 5.15 Å². The molecule has 100 valence electrons. The van der Waals surface area contributed by atoms with Gasteiger partial charge in [-0.3, -0.25) is 0 Å². The molecule has 0 saturated heterocycles. The number of methoxy groups -OCH3 is 1. The molecule has 0 bridgehead atoms. The molecule has 0 spiro atoms. The SMILES string of the molecule is CCOCc1nc(Cl)cc(-c2ccnc(OC)c2)n1. The summed E-state index contributed by atoms with van der Waals surface area (Å²) in [6.07, 6.45) is 1.66. The Morgan fingerprint density at radius 2 is 2.11 bits per heavy atom. The molecule has 0 amide bonds. The lowest BCUT2D eigenvalue weighted by Crippen LogP contribution is -2.01. The van der Waals surface area contributed by atoms with E-state index in [1.165, 1.54) is 0 Å². The van der Waals surface area contributed by atoms with E-state index in [0.717, 1.165) is 11.3 Å². The molecule has 0 radical (unpaired) electrons. The Hall–Kier alpha value is -1.72. The Labute approximate surface area is 116 Å². The molecule has 6 heteroatoms. The molecule has 0 aliphatic heterocycles. The number of halogens is 1. The summed E-state index contributed by atoms with van der Waals surface area (Å²) in [5.74, 6) is 1.08. The fourth-order valence-corrected chi connectivity index (χ4v) is 1.75. The maximum Gasteiger partial charge on any atom is 0.213 e. The first kappa shape index (κ1) is 13.7. The lowest BCUT2D eigenvalue weighted by Gasteiger charge is -2.06. The molecule has 0 unspecified atom stereocenters. The van der Waals surface area contributed by atoms with Crippen molar-refractivity contribution in [1.29, 1.82) is 0 Å². The second kappa shape index (κ2) is 6.45. The van der Waals surface area contributed by atoms with Crippen LogP contribution in [-0.4, -0.2) is 28.7 Å². The van der Waals surface area contributed by atoms with E-state index in [2.05, 4.69) is 15.0 Å². The van der Waals surface area contributed by atoms with Crippen LogP contribution in [0.5, 0.6) is 5.88 Å². The second-order valence-corrected chi connectivity index (χ2v) is 4.10. The molecule has 2 aromatic rings. The van der Waals surface area contributed by atoms with Gasteiger partial charge in [-0.1, -0.05) is 11.6 Å². The zero-order valence-corrected chi connectivity index (χ0v) is 11.5. The van der Waals surface area contributed by atoms with Crippen LogP contribution in [0.3, 0.4) is 0 Å². The third-order valence-corrected chi connectivity index (χ3v) is 2.61. The zero-order valence-electron chi connectivity index (χ0n) is 10.8. The Morgan fingerprint density at radius 3 is 2.84 bits per heavy atom. The van der Waals surface area contributed by atoms with Crippen LogP contribution < -0.4 is 4.74 Å². The fraction of sp³-hybridized carbons (Fsp3) is 0.308.